The molecular formula is C12H20N2O. The SMILES string of the molecule is C=CCC(N)(C=C)OC(N)(C=C)CC=C. The second-order valence-electron chi connectivity index (χ2n) is 3.41. The van der Waals surface area contributed by atoms with E-state index in [0.29, 0.717) is 12.8 Å². The van der Waals surface area contributed by atoms with Crippen LogP contribution in [-0.4, -0.2) is 11.4 Å². The predicted octanol–water partition coefficient (Wildman–Crippen LogP) is 1.84. The van der Waals surface area contributed by atoms with Gasteiger partial charge >= 0.3 is 0 Å². The van der Waals surface area contributed by atoms with Crippen LogP contribution in [0.5, 0.6) is 0 Å². The van der Waals surface area contributed by atoms with Crippen LogP contribution < -0.4 is 11.5 Å². The summed E-state index contributed by atoms with van der Waals surface area (Å²) in [6, 6.07) is 0. The van der Waals surface area contributed by atoms with Crippen LogP contribution in [0.15, 0.2) is 50.6 Å². The van der Waals surface area contributed by atoms with Crippen LogP contribution in [0, 0.1) is 0 Å². The zero-order chi connectivity index (χ0) is 11.9. The summed E-state index contributed by atoms with van der Waals surface area (Å²) in [6.45, 7) is 14.4. The van der Waals surface area contributed by atoms with Gasteiger partial charge in [0.05, 0.1) is 0 Å². The van der Waals surface area contributed by atoms with Crippen molar-refractivity contribution in [3.05, 3.63) is 50.6 Å². The monoisotopic (exact) mass is 208 g/mol. The average Bonchev–Trinajstić information content (AvgIpc) is 2.18. The summed E-state index contributed by atoms with van der Waals surface area (Å²) in [6.07, 6.45) is 7.17. The van der Waals surface area contributed by atoms with Crippen molar-refractivity contribution in [3.63, 3.8) is 0 Å². The minimum atomic E-state index is -1.02. The fraction of sp³-hybridized carbons (Fsp3) is 0.333. The van der Waals surface area contributed by atoms with E-state index in [2.05, 4.69) is 26.3 Å². The third-order valence-corrected chi connectivity index (χ3v) is 2.00. The Morgan fingerprint density at radius 3 is 1.40 bits per heavy atom. The van der Waals surface area contributed by atoms with Gasteiger partial charge in [0, 0.05) is 12.8 Å². The summed E-state index contributed by atoms with van der Waals surface area (Å²) >= 11 is 0. The maximum atomic E-state index is 5.93. The van der Waals surface area contributed by atoms with Gasteiger partial charge in [0.2, 0.25) is 0 Å². The van der Waals surface area contributed by atoms with Crippen LogP contribution in [0.25, 0.3) is 0 Å². The normalized spacial score (nSPS) is 18.3. The van der Waals surface area contributed by atoms with Crippen molar-refractivity contribution in [2.75, 3.05) is 0 Å². The highest BCUT2D eigenvalue weighted by Crippen LogP contribution is 2.21. The lowest BCUT2D eigenvalue weighted by molar-refractivity contribution is -0.0985. The summed E-state index contributed by atoms with van der Waals surface area (Å²) in [5.74, 6) is 0. The Labute approximate surface area is 91.8 Å². The Balaban J connectivity index is 4.75. The molecule has 3 nitrogen and oxygen atoms in total. The van der Waals surface area contributed by atoms with Crippen LogP contribution in [0.4, 0.5) is 0 Å². The molecule has 0 rings (SSSR count). The van der Waals surface area contributed by atoms with Gasteiger partial charge in [-0.05, 0) is 12.2 Å². The molecule has 2 unspecified atom stereocenters. The molecule has 0 saturated carbocycles. The first-order chi connectivity index (χ1) is 6.95. The molecule has 0 aliphatic carbocycles. The van der Waals surface area contributed by atoms with Crippen molar-refractivity contribution in [2.45, 2.75) is 24.3 Å². The van der Waals surface area contributed by atoms with Crippen molar-refractivity contribution >= 4 is 0 Å². The highest BCUT2D eigenvalue weighted by molar-refractivity contribution is 5.04. The first kappa shape index (κ1) is 13.8. The summed E-state index contributed by atoms with van der Waals surface area (Å²) in [5, 5.41) is 0. The lowest BCUT2D eigenvalue weighted by Gasteiger charge is -2.35. The van der Waals surface area contributed by atoms with Crippen LogP contribution in [0.3, 0.4) is 0 Å². The average molecular weight is 208 g/mol. The molecule has 0 amide bonds. The fourth-order valence-electron chi connectivity index (χ4n) is 1.14. The standard InChI is InChI=1S/C12H20N2O/c1-5-9-11(13,7-3)15-12(14,8-4)10-6-2/h5-8H,1-4,9-10,13-14H2. The highest BCUT2D eigenvalue weighted by atomic mass is 16.5. The van der Waals surface area contributed by atoms with Crippen molar-refractivity contribution in [1.29, 1.82) is 0 Å². The van der Waals surface area contributed by atoms with Crippen LogP contribution >= 0.6 is 0 Å². The molecule has 0 aromatic heterocycles. The van der Waals surface area contributed by atoms with Gasteiger partial charge in [0.1, 0.15) is 11.4 Å². The first-order valence-corrected chi connectivity index (χ1v) is 4.72. The van der Waals surface area contributed by atoms with E-state index < -0.39 is 11.4 Å². The number of nitrogens with two attached hydrogens (primary N) is 2. The molecule has 0 aromatic rings. The molecule has 84 valence electrons. The molecule has 0 fully saturated rings. The van der Waals surface area contributed by atoms with E-state index >= 15 is 0 Å². The number of hydrogen-bond donors (Lipinski definition) is 2. The van der Waals surface area contributed by atoms with E-state index in [1.54, 1.807) is 12.2 Å². The molecule has 0 heterocycles. The quantitative estimate of drug-likeness (QED) is 0.472. The zero-order valence-electron chi connectivity index (χ0n) is 9.11. The maximum absolute atomic E-state index is 5.93. The predicted molar refractivity (Wildman–Crippen MR) is 64.9 cm³/mol. The third kappa shape index (κ3) is 4.25. The Bertz CT molecular complexity index is 236. The van der Waals surface area contributed by atoms with Gasteiger partial charge in [0.25, 0.3) is 0 Å². The van der Waals surface area contributed by atoms with E-state index in [0.717, 1.165) is 0 Å². The maximum Gasteiger partial charge on any atom is 0.141 e. The van der Waals surface area contributed by atoms with Crippen molar-refractivity contribution < 1.29 is 4.74 Å². The van der Waals surface area contributed by atoms with Gasteiger partial charge in [-0.2, -0.15) is 0 Å². The van der Waals surface area contributed by atoms with E-state index in [9.17, 15) is 0 Å². The van der Waals surface area contributed by atoms with Crippen LogP contribution in [0.2, 0.25) is 0 Å². The Morgan fingerprint density at radius 2 is 1.20 bits per heavy atom. The first-order valence-electron chi connectivity index (χ1n) is 4.72. The lowest BCUT2D eigenvalue weighted by Crippen LogP contribution is -2.52. The Kier molecular flexibility index (Phi) is 5.22. The molecule has 0 aliphatic rings. The molecule has 0 bridgehead atoms. The third-order valence-electron chi connectivity index (χ3n) is 2.00. The largest absolute Gasteiger partial charge is 0.332 e. The Morgan fingerprint density at radius 1 is 0.867 bits per heavy atom. The van der Waals surface area contributed by atoms with Gasteiger partial charge in [0.15, 0.2) is 0 Å². The molecule has 15 heavy (non-hydrogen) atoms. The summed E-state index contributed by atoms with van der Waals surface area (Å²) < 4.78 is 5.58. The molecule has 4 N–H and O–H groups in total. The molecule has 0 spiro atoms. The second-order valence-corrected chi connectivity index (χ2v) is 3.41. The van der Waals surface area contributed by atoms with Gasteiger partial charge in [-0.1, -0.05) is 25.3 Å². The fourth-order valence-corrected chi connectivity index (χ4v) is 1.14. The highest BCUT2D eigenvalue weighted by Gasteiger charge is 2.31. The number of rotatable bonds is 8. The molecule has 3 heteroatoms. The minimum absolute atomic E-state index is 0.431. The van der Waals surface area contributed by atoms with Crippen molar-refractivity contribution in [1.82, 2.24) is 0 Å². The molecule has 0 saturated heterocycles. The zero-order valence-corrected chi connectivity index (χ0v) is 9.11. The van der Waals surface area contributed by atoms with Crippen LogP contribution in [0.1, 0.15) is 12.8 Å². The number of ether oxygens (including phenoxy) is 1. The smallest absolute Gasteiger partial charge is 0.141 e. The van der Waals surface area contributed by atoms with Gasteiger partial charge < -0.3 is 4.74 Å². The molecule has 0 aliphatic heterocycles. The topological polar surface area (TPSA) is 61.3 Å². The summed E-state index contributed by atoms with van der Waals surface area (Å²) in [5.41, 5.74) is 9.81. The molecule has 0 aromatic carbocycles. The molecule has 2 atom stereocenters. The number of hydrogen-bond acceptors (Lipinski definition) is 3. The van der Waals surface area contributed by atoms with Crippen molar-refractivity contribution in [3.8, 4) is 0 Å². The van der Waals surface area contributed by atoms with Crippen molar-refractivity contribution in [2.24, 2.45) is 11.5 Å². The molecular weight excluding hydrogens is 188 g/mol. The minimum Gasteiger partial charge on any atom is -0.332 e. The van der Waals surface area contributed by atoms with E-state index in [4.69, 9.17) is 16.2 Å². The lowest BCUT2D eigenvalue weighted by atomic mass is 10.1. The van der Waals surface area contributed by atoms with E-state index in [1.165, 1.54) is 12.2 Å². The summed E-state index contributed by atoms with van der Waals surface area (Å²) in [4.78, 5) is 0. The van der Waals surface area contributed by atoms with E-state index in [-0.39, 0.29) is 0 Å². The molecule has 0 radical (unpaired) electrons. The van der Waals surface area contributed by atoms with Crippen LogP contribution in [-0.2, 0) is 4.74 Å². The second kappa shape index (κ2) is 5.66. The van der Waals surface area contributed by atoms with Gasteiger partial charge in [-0.3, -0.25) is 11.5 Å². The van der Waals surface area contributed by atoms with Gasteiger partial charge in [-0.15, -0.1) is 13.2 Å². The van der Waals surface area contributed by atoms with E-state index in [1.807, 2.05) is 0 Å². The Hall–Kier alpha value is -1.16. The van der Waals surface area contributed by atoms with Gasteiger partial charge in [-0.25, -0.2) is 0 Å². The summed E-state index contributed by atoms with van der Waals surface area (Å²) in [7, 11) is 0.